The minimum atomic E-state index is -5.03. The number of alkyl halides is 6. The Morgan fingerprint density at radius 3 is 1.62 bits per heavy atom. The lowest BCUT2D eigenvalue weighted by Gasteiger charge is -2.31. The van der Waals surface area contributed by atoms with E-state index in [9.17, 15) is 31.1 Å². The molecule has 2 atom stereocenters. The molecule has 0 unspecified atom stereocenters. The zero-order valence-corrected chi connectivity index (χ0v) is 21.6. The number of nitrogens with one attached hydrogen (secondary N) is 1. The maximum absolute atomic E-state index is 13.3. The molecular formula is C28H29F6NOP+. The van der Waals surface area contributed by atoms with Crippen LogP contribution < -0.4 is 15.9 Å². The quantitative estimate of drug-likeness (QED) is 0.238. The van der Waals surface area contributed by atoms with Crippen LogP contribution in [0.25, 0.3) is 0 Å². The van der Waals surface area contributed by atoms with Gasteiger partial charge in [0, 0.05) is 5.56 Å². The number of hydrogen-bond donors (Lipinski definition) is 1. The molecule has 0 fully saturated rings. The van der Waals surface area contributed by atoms with Gasteiger partial charge in [0.05, 0.1) is 47.9 Å². The highest BCUT2D eigenvalue weighted by Crippen LogP contribution is 2.53. The van der Waals surface area contributed by atoms with Gasteiger partial charge >= 0.3 is 12.4 Å². The van der Waals surface area contributed by atoms with Gasteiger partial charge in [-0.05, 0) is 48.4 Å². The molecule has 0 radical (unpaired) electrons. The Balaban J connectivity index is 2.02. The van der Waals surface area contributed by atoms with E-state index in [0.717, 1.165) is 10.6 Å². The third-order valence-corrected chi connectivity index (χ3v) is 10.7. The molecule has 3 aromatic carbocycles. The van der Waals surface area contributed by atoms with Crippen LogP contribution in [-0.2, 0) is 12.4 Å². The van der Waals surface area contributed by atoms with Crippen LogP contribution in [-0.4, -0.2) is 24.8 Å². The van der Waals surface area contributed by atoms with Crippen molar-refractivity contribution in [2.24, 2.45) is 5.92 Å². The first-order valence-electron chi connectivity index (χ1n) is 11.8. The average Bonchev–Trinajstić information content (AvgIpc) is 2.87. The predicted octanol–water partition coefficient (Wildman–Crippen LogP) is 7.17. The molecule has 1 amide bonds. The molecule has 0 spiro atoms. The van der Waals surface area contributed by atoms with E-state index in [-0.39, 0.29) is 12.0 Å². The molecule has 0 bridgehead atoms. The molecule has 0 aromatic heterocycles. The van der Waals surface area contributed by atoms with Crippen LogP contribution in [0.4, 0.5) is 26.3 Å². The molecule has 0 aliphatic rings. The summed E-state index contributed by atoms with van der Waals surface area (Å²) >= 11 is 0. The van der Waals surface area contributed by atoms with Crippen molar-refractivity contribution in [2.75, 3.05) is 12.8 Å². The fraction of sp³-hybridized carbons (Fsp3) is 0.321. The summed E-state index contributed by atoms with van der Waals surface area (Å²) in [7, 11) is -2.09. The van der Waals surface area contributed by atoms with Crippen molar-refractivity contribution in [3.05, 3.63) is 95.6 Å². The molecule has 0 heterocycles. The molecule has 37 heavy (non-hydrogen) atoms. The molecule has 0 aliphatic heterocycles. The lowest BCUT2D eigenvalue weighted by atomic mass is 9.99. The van der Waals surface area contributed by atoms with Crippen molar-refractivity contribution in [1.82, 2.24) is 5.32 Å². The largest absolute Gasteiger partial charge is 0.416 e. The van der Waals surface area contributed by atoms with E-state index in [1.165, 1.54) is 0 Å². The summed E-state index contributed by atoms with van der Waals surface area (Å²) in [5, 5.41) is 4.96. The van der Waals surface area contributed by atoms with Crippen LogP contribution in [0.15, 0.2) is 78.9 Å². The first kappa shape index (κ1) is 28.7. The fourth-order valence-corrected chi connectivity index (χ4v) is 7.88. The van der Waals surface area contributed by atoms with E-state index < -0.39 is 48.3 Å². The third kappa shape index (κ3) is 6.92. The van der Waals surface area contributed by atoms with E-state index in [1.807, 2.05) is 74.5 Å². The smallest absolute Gasteiger partial charge is 0.345 e. The number of rotatable bonds is 8. The summed E-state index contributed by atoms with van der Waals surface area (Å²) in [6, 6.07) is 20.0. The first-order valence-corrected chi connectivity index (χ1v) is 14.2. The molecular weight excluding hydrogens is 511 g/mol. The summed E-state index contributed by atoms with van der Waals surface area (Å²) in [5.41, 5.74) is -3.70. The molecule has 198 valence electrons. The van der Waals surface area contributed by atoms with E-state index in [0.29, 0.717) is 24.7 Å². The number of benzene rings is 3. The summed E-state index contributed by atoms with van der Waals surface area (Å²) < 4.78 is 80.1. The Labute approximate surface area is 213 Å². The summed E-state index contributed by atoms with van der Waals surface area (Å²) in [5.74, 6) is -1.04. The van der Waals surface area contributed by atoms with Gasteiger partial charge in [-0.1, -0.05) is 56.7 Å². The van der Waals surface area contributed by atoms with Gasteiger partial charge in [0.25, 0.3) is 5.91 Å². The Hall–Kier alpha value is -2.86. The maximum Gasteiger partial charge on any atom is 0.416 e. The van der Waals surface area contributed by atoms with E-state index in [2.05, 4.69) is 12.0 Å². The standard InChI is InChI=1S/C28H28F6NOP/c1-4-19(2)25(18-37(3,23-11-7-5-8-12-23)24-13-9-6-10-14-24)35-26(36)20-15-21(27(29,30)31)17-22(16-20)28(32,33)34/h5-17,19,25H,4,18H2,1-3H3/p+1/t19-,25+/m0/s1. The number of amides is 1. The molecule has 0 saturated carbocycles. The number of hydrogen-bond acceptors (Lipinski definition) is 1. The summed E-state index contributed by atoms with van der Waals surface area (Å²) in [6.07, 6.45) is -8.91. The lowest BCUT2D eigenvalue weighted by molar-refractivity contribution is -0.143. The number of carbonyl (C=O) groups is 1. The maximum atomic E-state index is 13.3. The van der Waals surface area contributed by atoms with Crippen LogP contribution in [0.3, 0.4) is 0 Å². The molecule has 3 aromatic rings. The first-order chi connectivity index (χ1) is 17.3. The number of halogens is 6. The number of carbonyl (C=O) groups excluding carboxylic acids is 1. The van der Waals surface area contributed by atoms with Crippen LogP contribution in [0.2, 0.25) is 0 Å². The van der Waals surface area contributed by atoms with Crippen molar-refractivity contribution in [2.45, 2.75) is 38.7 Å². The van der Waals surface area contributed by atoms with Crippen molar-refractivity contribution in [3.63, 3.8) is 0 Å². The zero-order chi connectivity index (χ0) is 27.4. The van der Waals surface area contributed by atoms with Crippen molar-refractivity contribution >= 4 is 23.8 Å². The molecule has 3 rings (SSSR count). The summed E-state index contributed by atoms with van der Waals surface area (Å²) in [6.45, 7) is 5.97. The normalized spacial score (nSPS) is 14.2. The van der Waals surface area contributed by atoms with Gasteiger partial charge in [-0.25, -0.2) is 0 Å². The second kappa shape index (κ2) is 11.3. The van der Waals surface area contributed by atoms with Crippen LogP contribution >= 0.6 is 7.26 Å². The third-order valence-electron chi connectivity index (χ3n) is 6.71. The monoisotopic (exact) mass is 540 g/mol. The molecule has 0 aliphatic carbocycles. The molecule has 1 N–H and O–H groups in total. The second-order valence-corrected chi connectivity index (χ2v) is 13.1. The van der Waals surface area contributed by atoms with Gasteiger partial charge in [-0.2, -0.15) is 26.3 Å². The van der Waals surface area contributed by atoms with E-state index in [1.54, 1.807) is 0 Å². The Morgan fingerprint density at radius 1 is 0.811 bits per heavy atom. The molecule has 0 saturated heterocycles. The predicted molar refractivity (Wildman–Crippen MR) is 137 cm³/mol. The highest BCUT2D eigenvalue weighted by Gasteiger charge is 2.42. The van der Waals surface area contributed by atoms with Crippen molar-refractivity contribution in [3.8, 4) is 0 Å². The van der Waals surface area contributed by atoms with Crippen molar-refractivity contribution in [1.29, 1.82) is 0 Å². The zero-order valence-electron chi connectivity index (χ0n) is 20.7. The Morgan fingerprint density at radius 2 is 1.24 bits per heavy atom. The second-order valence-electron chi connectivity index (χ2n) is 9.31. The van der Waals surface area contributed by atoms with Gasteiger partial charge in [0.1, 0.15) is 0 Å². The lowest BCUT2D eigenvalue weighted by Crippen LogP contribution is -2.44. The van der Waals surface area contributed by atoms with E-state index in [4.69, 9.17) is 0 Å². The van der Waals surface area contributed by atoms with Gasteiger partial charge in [-0.15, -0.1) is 0 Å². The van der Waals surface area contributed by atoms with Crippen molar-refractivity contribution < 1.29 is 31.1 Å². The topological polar surface area (TPSA) is 29.1 Å². The van der Waals surface area contributed by atoms with Gasteiger partial charge < -0.3 is 5.32 Å². The van der Waals surface area contributed by atoms with Gasteiger partial charge in [0.2, 0.25) is 0 Å². The minimum Gasteiger partial charge on any atom is -0.345 e. The van der Waals surface area contributed by atoms with E-state index >= 15 is 0 Å². The SMILES string of the molecule is CC[C@H](C)[C@@H](C[P+](C)(c1ccccc1)c1ccccc1)NC(=O)c1cc(C(F)(F)F)cc(C(F)(F)F)c1. The molecule has 9 heteroatoms. The van der Waals surface area contributed by atoms with Gasteiger partial charge in [-0.3, -0.25) is 4.79 Å². The summed E-state index contributed by atoms with van der Waals surface area (Å²) in [4.78, 5) is 13.2. The Kier molecular flexibility index (Phi) is 8.74. The minimum absolute atomic E-state index is 0.0241. The average molecular weight is 541 g/mol. The Bertz CT molecular complexity index is 1120. The molecule has 2 nitrogen and oxygen atoms in total. The van der Waals surface area contributed by atoms with Crippen LogP contribution in [0, 0.1) is 5.92 Å². The van der Waals surface area contributed by atoms with Crippen LogP contribution in [0.1, 0.15) is 41.8 Å². The van der Waals surface area contributed by atoms with Crippen LogP contribution in [0.5, 0.6) is 0 Å². The highest BCUT2D eigenvalue weighted by atomic mass is 31.2. The highest BCUT2D eigenvalue weighted by molar-refractivity contribution is 7.89. The van der Waals surface area contributed by atoms with Gasteiger partial charge in [0.15, 0.2) is 0 Å². The fourth-order valence-electron chi connectivity index (χ4n) is 4.26.